The van der Waals surface area contributed by atoms with Crippen LogP contribution in [0.4, 0.5) is 0 Å². The van der Waals surface area contributed by atoms with E-state index in [4.69, 9.17) is 28.4 Å². The molecule has 0 spiro atoms. The van der Waals surface area contributed by atoms with E-state index in [9.17, 15) is 9.59 Å². The van der Waals surface area contributed by atoms with Crippen molar-refractivity contribution in [2.75, 3.05) is 13.7 Å². The second kappa shape index (κ2) is 16.3. The van der Waals surface area contributed by atoms with Crippen LogP contribution >= 0.6 is 0 Å². The van der Waals surface area contributed by atoms with Gasteiger partial charge in [0, 0.05) is 13.5 Å². The van der Waals surface area contributed by atoms with E-state index in [1.54, 1.807) is 24.3 Å². The summed E-state index contributed by atoms with van der Waals surface area (Å²) in [5.74, 6) is -0.619. The van der Waals surface area contributed by atoms with Crippen LogP contribution in [0.25, 0.3) is 0 Å². The monoisotopic (exact) mass is 590 g/mol. The Kier molecular flexibility index (Phi) is 12.3. The van der Waals surface area contributed by atoms with Crippen molar-refractivity contribution < 1.29 is 38.0 Å². The average molecular weight is 591 g/mol. The summed E-state index contributed by atoms with van der Waals surface area (Å²) in [6.07, 6.45) is -4.46. The number of hydrogen-bond donors (Lipinski definition) is 0. The van der Waals surface area contributed by atoms with Gasteiger partial charge in [0.15, 0.2) is 18.5 Å². The molecule has 3 aromatic carbocycles. The summed E-state index contributed by atoms with van der Waals surface area (Å²) in [6.45, 7) is 6.71. The number of esters is 2. The lowest BCUT2D eigenvalue weighted by Gasteiger charge is -2.44. The summed E-state index contributed by atoms with van der Waals surface area (Å²) in [7, 11) is 1.50. The predicted octanol–water partition coefficient (Wildman–Crippen LogP) is 5.98. The second-order valence-corrected chi connectivity index (χ2v) is 11.2. The molecule has 0 unspecified atom stereocenters. The zero-order valence-electron chi connectivity index (χ0n) is 25.3. The molecule has 0 amide bonds. The van der Waals surface area contributed by atoms with E-state index in [1.807, 2.05) is 73.7 Å². The summed E-state index contributed by atoms with van der Waals surface area (Å²) in [6, 6.07) is 28.0. The van der Waals surface area contributed by atoms with E-state index in [0.717, 1.165) is 11.1 Å². The minimum Gasteiger partial charge on any atom is -0.455 e. The summed E-state index contributed by atoms with van der Waals surface area (Å²) in [5.41, 5.74) is 2.26. The predicted molar refractivity (Wildman–Crippen MR) is 161 cm³/mol. The summed E-state index contributed by atoms with van der Waals surface area (Å²) in [4.78, 5) is 26.7. The molecule has 0 saturated carbocycles. The Bertz CT molecular complexity index is 1250. The number of methoxy groups -OCH3 is 1. The minimum absolute atomic E-state index is 0.0589. The average Bonchev–Trinajstić information content (AvgIpc) is 3.02. The highest BCUT2D eigenvalue weighted by atomic mass is 16.7. The third-order valence-corrected chi connectivity index (χ3v) is 7.65. The van der Waals surface area contributed by atoms with Gasteiger partial charge in [0.2, 0.25) is 0 Å². The van der Waals surface area contributed by atoms with E-state index >= 15 is 0 Å². The first-order chi connectivity index (χ1) is 20.9. The third kappa shape index (κ3) is 9.46. The lowest BCUT2D eigenvalue weighted by molar-refractivity contribution is -0.309. The molecule has 1 aliphatic heterocycles. The van der Waals surface area contributed by atoms with Crippen LogP contribution in [0.2, 0.25) is 0 Å². The molecule has 0 aliphatic carbocycles. The van der Waals surface area contributed by atoms with E-state index in [2.05, 4.69) is 13.8 Å². The van der Waals surface area contributed by atoms with E-state index in [1.165, 1.54) is 7.11 Å². The first-order valence-corrected chi connectivity index (χ1v) is 14.8. The van der Waals surface area contributed by atoms with Crippen molar-refractivity contribution in [3.63, 3.8) is 0 Å². The first-order valence-electron chi connectivity index (χ1n) is 14.8. The van der Waals surface area contributed by atoms with Gasteiger partial charge in [-0.1, -0.05) is 99.6 Å². The molecule has 0 bridgehead atoms. The zero-order chi connectivity index (χ0) is 30.6. The maximum absolute atomic E-state index is 13.4. The largest absolute Gasteiger partial charge is 0.455 e. The molecule has 1 saturated heterocycles. The maximum Gasteiger partial charge on any atom is 0.338 e. The van der Waals surface area contributed by atoms with E-state index in [0.29, 0.717) is 12.2 Å². The van der Waals surface area contributed by atoms with Gasteiger partial charge in [-0.3, -0.25) is 4.79 Å². The van der Waals surface area contributed by atoms with Gasteiger partial charge in [-0.15, -0.1) is 0 Å². The Hall–Kier alpha value is -3.56. The smallest absolute Gasteiger partial charge is 0.338 e. The summed E-state index contributed by atoms with van der Waals surface area (Å²) in [5, 5.41) is 0. The third-order valence-electron chi connectivity index (χ3n) is 7.65. The highest BCUT2D eigenvalue weighted by Gasteiger charge is 2.51. The van der Waals surface area contributed by atoms with Gasteiger partial charge >= 0.3 is 11.9 Å². The van der Waals surface area contributed by atoms with E-state index in [-0.39, 0.29) is 31.5 Å². The quantitative estimate of drug-likeness (QED) is 0.212. The Morgan fingerprint density at radius 1 is 0.744 bits per heavy atom. The van der Waals surface area contributed by atoms with Gasteiger partial charge < -0.3 is 28.4 Å². The van der Waals surface area contributed by atoms with Gasteiger partial charge in [-0.05, 0) is 35.1 Å². The molecular formula is C35H42O8. The molecule has 8 heteroatoms. The lowest BCUT2D eigenvalue weighted by atomic mass is 9.94. The molecule has 43 heavy (non-hydrogen) atoms. The fourth-order valence-corrected chi connectivity index (χ4v) is 4.75. The van der Waals surface area contributed by atoms with Gasteiger partial charge in [0.05, 0.1) is 25.4 Å². The van der Waals surface area contributed by atoms with Crippen molar-refractivity contribution in [1.82, 2.24) is 0 Å². The molecule has 8 nitrogen and oxygen atoms in total. The van der Waals surface area contributed by atoms with Crippen molar-refractivity contribution in [1.29, 1.82) is 0 Å². The van der Waals surface area contributed by atoms with Crippen LogP contribution in [-0.2, 0) is 46.4 Å². The fourth-order valence-electron chi connectivity index (χ4n) is 4.75. The molecule has 1 fully saturated rings. The van der Waals surface area contributed by atoms with Crippen LogP contribution in [-0.4, -0.2) is 56.4 Å². The maximum atomic E-state index is 13.4. The molecule has 4 rings (SSSR count). The number of rotatable bonds is 14. The van der Waals surface area contributed by atoms with Crippen molar-refractivity contribution in [2.24, 2.45) is 11.8 Å². The van der Waals surface area contributed by atoms with E-state index < -0.39 is 42.6 Å². The normalized spacial score (nSPS) is 22.6. The van der Waals surface area contributed by atoms with Crippen molar-refractivity contribution in [3.05, 3.63) is 108 Å². The second-order valence-electron chi connectivity index (χ2n) is 11.2. The molecule has 6 atom stereocenters. The molecule has 1 aliphatic rings. The number of benzene rings is 3. The Labute approximate surface area is 254 Å². The molecule has 0 N–H and O–H groups in total. The number of ether oxygens (including phenoxy) is 6. The highest BCUT2D eigenvalue weighted by Crippen LogP contribution is 2.31. The van der Waals surface area contributed by atoms with Crippen LogP contribution in [0.5, 0.6) is 0 Å². The van der Waals surface area contributed by atoms with Crippen LogP contribution in [0.1, 0.15) is 48.7 Å². The van der Waals surface area contributed by atoms with Crippen LogP contribution < -0.4 is 0 Å². The molecule has 3 aromatic rings. The fraction of sp³-hybridized carbons (Fsp3) is 0.429. The first kappa shape index (κ1) is 32.4. The number of carbonyl (C=O) groups is 2. The summed E-state index contributed by atoms with van der Waals surface area (Å²) < 4.78 is 36.6. The zero-order valence-corrected chi connectivity index (χ0v) is 25.3. The van der Waals surface area contributed by atoms with Crippen molar-refractivity contribution >= 4 is 11.9 Å². The number of hydrogen-bond acceptors (Lipinski definition) is 8. The lowest BCUT2D eigenvalue weighted by Crippen LogP contribution is -2.62. The molecule has 0 aromatic heterocycles. The van der Waals surface area contributed by atoms with Gasteiger partial charge in [-0.25, -0.2) is 4.79 Å². The molecule has 1 heterocycles. The Morgan fingerprint density at radius 2 is 1.33 bits per heavy atom. The van der Waals surface area contributed by atoms with Crippen molar-refractivity contribution in [3.8, 4) is 0 Å². The number of carbonyl (C=O) groups excluding carboxylic acids is 2. The Morgan fingerprint density at radius 3 is 1.91 bits per heavy atom. The van der Waals surface area contributed by atoms with Crippen LogP contribution in [0.15, 0.2) is 91.0 Å². The topological polar surface area (TPSA) is 89.5 Å². The highest BCUT2D eigenvalue weighted by molar-refractivity contribution is 5.89. The molecule has 0 radical (unpaired) electrons. The van der Waals surface area contributed by atoms with Gasteiger partial charge in [0.1, 0.15) is 12.2 Å². The summed E-state index contributed by atoms with van der Waals surface area (Å²) >= 11 is 0. The van der Waals surface area contributed by atoms with Crippen molar-refractivity contribution in [2.45, 2.75) is 71.1 Å². The Balaban J connectivity index is 1.63. The SMILES string of the molecule is CO[C@H]1O[C@H](COCc2ccccc2)[C@H](OC(=O)c2ccccc2)[C@H](OC(=O)C[C@@H](C)C(C)C)[C@H]1OCc1ccccc1. The molecule has 230 valence electrons. The van der Waals surface area contributed by atoms with Gasteiger partial charge in [-0.2, -0.15) is 0 Å². The standard InChI is InChI=1S/C35H42O8/c1-24(2)25(3)20-30(36)42-32-31(43-34(37)28-18-12-7-13-19-28)29(23-39-21-26-14-8-5-9-15-26)41-35(38-4)33(32)40-22-27-16-10-6-11-17-27/h5-19,24-25,29,31-33,35H,20-23H2,1-4H3/t25-,29-,31+,32+,33-,35+/m1/s1. The van der Waals surface area contributed by atoms with Crippen LogP contribution in [0.3, 0.4) is 0 Å². The van der Waals surface area contributed by atoms with Crippen LogP contribution in [0, 0.1) is 11.8 Å². The molecular weight excluding hydrogens is 548 g/mol. The van der Waals surface area contributed by atoms with Gasteiger partial charge in [0.25, 0.3) is 0 Å². The minimum atomic E-state index is -1.03.